The van der Waals surface area contributed by atoms with E-state index in [2.05, 4.69) is 15.5 Å². The Hall–Kier alpha value is -3.59. The highest BCUT2D eigenvalue weighted by Gasteiger charge is 2.35. The van der Waals surface area contributed by atoms with Crippen molar-refractivity contribution in [1.29, 1.82) is 0 Å². The molecule has 2 aromatic rings. The number of likely N-dealkylation sites (tertiary alicyclic amines) is 1. The lowest BCUT2D eigenvalue weighted by Gasteiger charge is -2.33. The number of benzene rings is 2. The van der Waals surface area contributed by atoms with Crippen LogP contribution in [0.3, 0.4) is 0 Å². The maximum atomic E-state index is 13.3. The summed E-state index contributed by atoms with van der Waals surface area (Å²) in [5, 5.41) is 13.1. The Kier molecular flexibility index (Phi) is 9.91. The minimum atomic E-state index is -4.28. The van der Waals surface area contributed by atoms with Gasteiger partial charge in [-0.2, -0.15) is 4.72 Å². The number of hydroxylamine groups is 1. The molecule has 1 heterocycles. The minimum absolute atomic E-state index is 0.0585. The number of ketones is 1. The molecule has 0 aromatic heterocycles. The zero-order valence-corrected chi connectivity index (χ0v) is 23.3. The molecule has 14 heteroatoms. The number of sulfonamides is 1. The van der Waals surface area contributed by atoms with Gasteiger partial charge >= 0.3 is 6.09 Å². The first-order chi connectivity index (χ1) is 19.5. The minimum Gasteiger partial charge on any atom is -0.465 e. The largest absolute Gasteiger partial charge is 0.465 e. The second-order valence-corrected chi connectivity index (χ2v) is 12.2. The first-order valence-electron chi connectivity index (χ1n) is 13.5. The normalized spacial score (nSPS) is 18.9. The van der Waals surface area contributed by atoms with Crippen molar-refractivity contribution in [3.63, 3.8) is 0 Å². The number of hydrogen-bond donors (Lipinski definition) is 5. The van der Waals surface area contributed by atoms with Gasteiger partial charge < -0.3 is 21.1 Å². The lowest BCUT2D eigenvalue weighted by Crippen LogP contribution is -2.53. The number of nitrogens with zero attached hydrogens (tertiary/aromatic N) is 1. The van der Waals surface area contributed by atoms with Crippen molar-refractivity contribution in [2.45, 2.75) is 49.1 Å². The Balaban J connectivity index is 1.46. The number of carboxylic acid groups (broad SMARTS) is 1. The van der Waals surface area contributed by atoms with Crippen molar-refractivity contribution in [3.05, 3.63) is 42.5 Å². The van der Waals surface area contributed by atoms with Crippen LogP contribution in [-0.4, -0.2) is 80.4 Å². The molecule has 222 valence electrons. The van der Waals surface area contributed by atoms with E-state index in [1.807, 2.05) is 12.1 Å². The van der Waals surface area contributed by atoms with Crippen LogP contribution in [0.15, 0.2) is 47.4 Å². The van der Waals surface area contributed by atoms with Gasteiger partial charge in [0, 0.05) is 19.5 Å². The summed E-state index contributed by atoms with van der Waals surface area (Å²) in [5.41, 5.74) is 8.41. The quantitative estimate of drug-likeness (QED) is 0.209. The maximum Gasteiger partial charge on any atom is 0.407 e. The second kappa shape index (κ2) is 13.4. The molecule has 6 N–H and O–H groups in total. The van der Waals surface area contributed by atoms with Crippen molar-refractivity contribution in [2.75, 3.05) is 26.2 Å². The van der Waals surface area contributed by atoms with Gasteiger partial charge in [0.1, 0.15) is 6.04 Å². The van der Waals surface area contributed by atoms with Gasteiger partial charge in [-0.25, -0.2) is 18.7 Å². The summed E-state index contributed by atoms with van der Waals surface area (Å²) in [6.07, 6.45) is 1.37. The lowest BCUT2D eigenvalue weighted by atomic mass is 9.87. The van der Waals surface area contributed by atoms with E-state index in [1.165, 1.54) is 17.0 Å². The summed E-state index contributed by atoms with van der Waals surface area (Å²) in [4.78, 5) is 55.9. The number of amides is 3. The number of piperidine rings is 1. The predicted octanol–water partition coefficient (Wildman–Crippen LogP) is 0.737. The molecule has 0 bridgehead atoms. The molecule has 1 unspecified atom stereocenters. The molecule has 2 aromatic carbocycles. The summed E-state index contributed by atoms with van der Waals surface area (Å²) in [6.45, 7) is 0.244. The fraction of sp³-hybridized carbons (Fsp3) is 0.481. The number of carbonyl (C=O) groups excluding carboxylic acids is 3. The summed E-state index contributed by atoms with van der Waals surface area (Å²) in [6, 6.07) is 8.93. The number of nitrogens with one attached hydrogen (secondary N) is 3. The number of hydrogen-bond acceptors (Lipinski definition) is 8. The highest BCUT2D eigenvalue weighted by atomic mass is 32.2. The molecule has 3 amide bonds. The molecule has 41 heavy (non-hydrogen) atoms. The zero-order chi connectivity index (χ0) is 29.6. The van der Waals surface area contributed by atoms with Crippen LogP contribution >= 0.6 is 0 Å². The van der Waals surface area contributed by atoms with Crippen LogP contribution in [-0.2, 0) is 29.2 Å². The Morgan fingerprint density at radius 2 is 1.80 bits per heavy atom. The van der Waals surface area contributed by atoms with E-state index in [1.54, 1.807) is 18.2 Å². The molecule has 0 spiro atoms. The van der Waals surface area contributed by atoms with Crippen molar-refractivity contribution in [1.82, 2.24) is 20.4 Å². The van der Waals surface area contributed by atoms with E-state index in [9.17, 15) is 32.7 Å². The smallest absolute Gasteiger partial charge is 0.407 e. The Morgan fingerprint density at radius 1 is 1.07 bits per heavy atom. The highest BCUT2D eigenvalue weighted by Crippen LogP contribution is 2.28. The molecule has 13 nitrogen and oxygen atoms in total. The van der Waals surface area contributed by atoms with Crippen LogP contribution < -0.4 is 21.3 Å². The van der Waals surface area contributed by atoms with Crippen molar-refractivity contribution in [3.8, 4) is 0 Å². The summed E-state index contributed by atoms with van der Waals surface area (Å²) in [7, 11) is -4.28. The summed E-state index contributed by atoms with van der Waals surface area (Å²) < 4.78 is 28.9. The van der Waals surface area contributed by atoms with E-state index in [-0.39, 0.29) is 11.4 Å². The highest BCUT2D eigenvalue weighted by molar-refractivity contribution is 7.89. The fourth-order valence-corrected chi connectivity index (χ4v) is 5.94. The molecule has 2 fully saturated rings. The third kappa shape index (κ3) is 8.45. The van der Waals surface area contributed by atoms with Crippen molar-refractivity contribution in [2.24, 2.45) is 17.6 Å². The number of fused-ring (bicyclic) bond motifs is 1. The monoisotopic (exact) mass is 589 g/mol. The van der Waals surface area contributed by atoms with Crippen molar-refractivity contribution < 1.29 is 37.5 Å². The van der Waals surface area contributed by atoms with Gasteiger partial charge in [0.05, 0.1) is 24.1 Å². The van der Waals surface area contributed by atoms with Gasteiger partial charge in [-0.1, -0.05) is 30.3 Å². The van der Waals surface area contributed by atoms with Crippen LogP contribution in [0.2, 0.25) is 0 Å². The van der Waals surface area contributed by atoms with Crippen LogP contribution in [0.1, 0.15) is 32.1 Å². The van der Waals surface area contributed by atoms with E-state index in [0.29, 0.717) is 37.3 Å². The van der Waals surface area contributed by atoms with Gasteiger partial charge in [-0.15, -0.1) is 0 Å². The molecule has 1 aliphatic heterocycles. The van der Waals surface area contributed by atoms with Gasteiger partial charge in [0.2, 0.25) is 15.9 Å². The van der Waals surface area contributed by atoms with Crippen LogP contribution in [0.25, 0.3) is 10.8 Å². The van der Waals surface area contributed by atoms with Crippen molar-refractivity contribution >= 4 is 44.5 Å². The fourth-order valence-electron chi connectivity index (χ4n) is 4.71. The van der Waals surface area contributed by atoms with Crippen LogP contribution in [0, 0.1) is 11.8 Å². The molecule has 4 rings (SSSR count). The molecule has 2 aliphatic rings. The van der Waals surface area contributed by atoms with Gasteiger partial charge in [0.25, 0.3) is 5.91 Å². The van der Waals surface area contributed by atoms with E-state index in [4.69, 9.17) is 10.6 Å². The number of nitrogens with two attached hydrogens (primary N) is 1. The maximum absolute atomic E-state index is 13.3. The topological polar surface area (TPSA) is 197 Å². The standard InChI is InChI=1S/C27H35N5O8S/c28-25(20-6-3-11-32(15-20)27(36)37)23(33)13-22(26(35)29-14-24(34)30-40-16-17-7-8-17)31-41(38,39)21-10-9-18-4-1-2-5-19(18)12-21/h1-2,4-5,9-10,12,17,20,22,25,31H,3,6-8,11,13-16,28H2,(H,29,35)(H,30,34)(H,36,37)/t20-,22?,25-/m0/s1. The average Bonchev–Trinajstić information content (AvgIpc) is 3.79. The molecule has 3 atom stereocenters. The van der Waals surface area contributed by atoms with E-state index < -0.39 is 64.7 Å². The molecule has 0 radical (unpaired) electrons. The van der Waals surface area contributed by atoms with Gasteiger partial charge in [-0.3, -0.25) is 19.2 Å². The van der Waals surface area contributed by atoms with E-state index >= 15 is 0 Å². The zero-order valence-electron chi connectivity index (χ0n) is 22.5. The first-order valence-corrected chi connectivity index (χ1v) is 15.0. The molecule has 1 saturated carbocycles. The SMILES string of the molecule is N[C@H](C(=O)CC(NS(=O)(=O)c1ccc2ccccc2c1)C(=O)NCC(=O)NOCC1CC1)[C@H]1CCCN(C(=O)O)C1. The third-order valence-electron chi connectivity index (χ3n) is 7.28. The summed E-state index contributed by atoms with van der Waals surface area (Å²) in [5.74, 6) is -2.23. The second-order valence-electron chi connectivity index (χ2n) is 10.5. The van der Waals surface area contributed by atoms with Gasteiger partial charge in [0.15, 0.2) is 5.78 Å². The molecular weight excluding hydrogens is 554 g/mol. The Labute approximate surface area is 237 Å². The molecule has 1 saturated heterocycles. The third-order valence-corrected chi connectivity index (χ3v) is 8.75. The van der Waals surface area contributed by atoms with Crippen LogP contribution in [0.4, 0.5) is 4.79 Å². The first kappa shape index (κ1) is 30.4. The lowest BCUT2D eigenvalue weighted by molar-refractivity contribution is -0.135. The average molecular weight is 590 g/mol. The van der Waals surface area contributed by atoms with Gasteiger partial charge in [-0.05, 0) is 60.4 Å². The number of rotatable bonds is 13. The summed E-state index contributed by atoms with van der Waals surface area (Å²) >= 11 is 0. The Morgan fingerprint density at radius 3 is 2.51 bits per heavy atom. The number of carbonyl (C=O) groups is 4. The number of Topliss-reactive ketones (excluding diaryl/α,β-unsaturated/α-hetero) is 1. The Bertz CT molecular complexity index is 1400. The molecule has 1 aliphatic carbocycles. The van der Waals surface area contributed by atoms with E-state index in [0.717, 1.165) is 18.2 Å². The molecular formula is C27H35N5O8S. The predicted molar refractivity (Wildman–Crippen MR) is 148 cm³/mol. The van der Waals surface area contributed by atoms with Crippen LogP contribution in [0.5, 0.6) is 0 Å².